The van der Waals surface area contributed by atoms with E-state index in [4.69, 9.17) is 4.74 Å². The zero-order valence-corrected chi connectivity index (χ0v) is 19.1. The maximum Gasteiger partial charge on any atom is 0.272 e. The van der Waals surface area contributed by atoms with Gasteiger partial charge in [-0.2, -0.15) is 5.10 Å². The number of nitrogens with zero attached hydrogens (tertiary/aromatic N) is 3. The van der Waals surface area contributed by atoms with E-state index in [2.05, 4.69) is 27.4 Å². The van der Waals surface area contributed by atoms with Crippen molar-refractivity contribution < 1.29 is 18.3 Å². The first kappa shape index (κ1) is 22.9. The first-order chi connectivity index (χ1) is 16.9. The summed E-state index contributed by atoms with van der Waals surface area (Å²) in [5, 5.41) is 11.5. The first-order valence-corrected chi connectivity index (χ1v) is 11.5. The van der Waals surface area contributed by atoms with Crippen molar-refractivity contribution in [3.8, 4) is 5.75 Å². The molecule has 10 heteroatoms. The molecule has 0 bridgehead atoms. The Bertz CT molecular complexity index is 1430. The highest BCUT2D eigenvalue weighted by atomic mass is 19.3. The SMILES string of the molecule is C[C@@H](C[C@H]1C[C@H](NC(=O)c2cnc3cc(OCC(F)F)ccn23)C1)c1n[nH]c(=O)c2ccccc12. The molecule has 4 aromatic rings. The predicted molar refractivity (Wildman–Crippen MR) is 126 cm³/mol. The van der Waals surface area contributed by atoms with E-state index in [1.807, 2.05) is 18.2 Å². The molecule has 1 amide bonds. The minimum absolute atomic E-state index is 0.0687. The van der Waals surface area contributed by atoms with E-state index in [9.17, 15) is 18.4 Å². The Morgan fingerprint density at radius 2 is 2.03 bits per heavy atom. The van der Waals surface area contributed by atoms with Gasteiger partial charge < -0.3 is 10.1 Å². The van der Waals surface area contributed by atoms with Crippen LogP contribution < -0.4 is 15.6 Å². The van der Waals surface area contributed by atoms with Crippen LogP contribution in [0.3, 0.4) is 0 Å². The summed E-state index contributed by atoms with van der Waals surface area (Å²) in [6.07, 6.45) is 3.12. The molecule has 182 valence electrons. The number of alkyl halides is 2. The molecule has 1 aliphatic rings. The average Bonchev–Trinajstić information content (AvgIpc) is 3.25. The summed E-state index contributed by atoms with van der Waals surface area (Å²) >= 11 is 0. The Morgan fingerprint density at radius 1 is 1.26 bits per heavy atom. The molecule has 5 rings (SSSR count). The molecule has 2 N–H and O–H groups in total. The molecular weight excluding hydrogens is 456 g/mol. The number of rotatable bonds is 8. The van der Waals surface area contributed by atoms with E-state index in [0.29, 0.717) is 22.6 Å². The highest BCUT2D eigenvalue weighted by molar-refractivity contribution is 5.93. The fourth-order valence-electron chi connectivity index (χ4n) is 4.81. The van der Waals surface area contributed by atoms with Gasteiger partial charge in [-0.25, -0.2) is 18.9 Å². The Balaban J connectivity index is 1.17. The van der Waals surface area contributed by atoms with Crippen molar-refractivity contribution in [2.75, 3.05) is 6.61 Å². The molecule has 3 heterocycles. The summed E-state index contributed by atoms with van der Waals surface area (Å²) in [4.78, 5) is 29.0. The number of ether oxygens (including phenoxy) is 1. The Morgan fingerprint density at radius 3 is 2.80 bits per heavy atom. The molecule has 0 aliphatic heterocycles. The largest absolute Gasteiger partial charge is 0.487 e. The number of aromatic nitrogens is 4. The average molecular weight is 482 g/mol. The summed E-state index contributed by atoms with van der Waals surface area (Å²) < 4.78 is 31.3. The highest BCUT2D eigenvalue weighted by Gasteiger charge is 2.32. The van der Waals surface area contributed by atoms with Gasteiger partial charge in [-0.15, -0.1) is 0 Å². The van der Waals surface area contributed by atoms with E-state index in [1.165, 1.54) is 18.3 Å². The summed E-state index contributed by atoms with van der Waals surface area (Å²) in [5.41, 5.74) is 1.52. The number of hydrogen-bond donors (Lipinski definition) is 2. The number of H-pyrrole nitrogens is 1. The molecule has 0 saturated heterocycles. The normalized spacial score (nSPS) is 18.5. The number of halogens is 2. The van der Waals surface area contributed by atoms with Crippen LogP contribution in [-0.4, -0.2) is 44.6 Å². The van der Waals surface area contributed by atoms with Gasteiger partial charge in [0.15, 0.2) is 0 Å². The molecule has 1 fully saturated rings. The highest BCUT2D eigenvalue weighted by Crippen LogP contribution is 2.37. The minimum Gasteiger partial charge on any atom is -0.487 e. The topological polar surface area (TPSA) is 101 Å². The van der Waals surface area contributed by atoms with Crippen LogP contribution in [0.25, 0.3) is 16.4 Å². The van der Waals surface area contributed by atoms with Crippen molar-refractivity contribution in [3.05, 3.63) is 70.5 Å². The lowest BCUT2D eigenvalue weighted by Gasteiger charge is -2.37. The van der Waals surface area contributed by atoms with Gasteiger partial charge in [0.05, 0.1) is 17.3 Å². The number of carbonyl (C=O) groups is 1. The number of pyridine rings is 1. The van der Waals surface area contributed by atoms with Gasteiger partial charge in [0.1, 0.15) is 23.7 Å². The van der Waals surface area contributed by atoms with E-state index >= 15 is 0 Å². The third-order valence-electron chi connectivity index (χ3n) is 6.54. The summed E-state index contributed by atoms with van der Waals surface area (Å²) in [5.74, 6) is 0.651. The smallest absolute Gasteiger partial charge is 0.272 e. The van der Waals surface area contributed by atoms with Gasteiger partial charge in [-0.3, -0.25) is 14.0 Å². The standard InChI is InChI=1S/C25H25F2N5O3/c1-14(23-18-4-2-3-5-19(18)24(33)31-30-23)8-15-9-16(10-15)29-25(34)20-12-28-22-11-17(6-7-32(20)22)35-13-21(26)27/h2-7,11-12,14-16,21H,8-10,13H2,1H3,(H,29,34)(H,31,33)/t14-,15-,16-/m0/s1. The number of aromatic amines is 1. The van der Waals surface area contributed by atoms with E-state index in [1.54, 1.807) is 16.7 Å². The Hall–Kier alpha value is -3.82. The van der Waals surface area contributed by atoms with Crippen LogP contribution in [0, 0.1) is 5.92 Å². The second-order valence-electron chi connectivity index (χ2n) is 9.06. The van der Waals surface area contributed by atoms with Gasteiger partial charge in [0.25, 0.3) is 17.9 Å². The molecule has 8 nitrogen and oxygen atoms in total. The maximum absolute atomic E-state index is 12.8. The molecule has 35 heavy (non-hydrogen) atoms. The van der Waals surface area contributed by atoms with Crippen LogP contribution in [0.2, 0.25) is 0 Å². The number of benzene rings is 1. The third-order valence-corrected chi connectivity index (χ3v) is 6.54. The molecule has 1 aliphatic carbocycles. The summed E-state index contributed by atoms with van der Waals surface area (Å²) in [6.45, 7) is 1.41. The van der Waals surface area contributed by atoms with Crippen LogP contribution in [0.1, 0.15) is 48.3 Å². The lowest BCUT2D eigenvalue weighted by molar-refractivity contribution is 0.0819. The van der Waals surface area contributed by atoms with Crippen molar-refractivity contribution in [2.24, 2.45) is 5.92 Å². The zero-order chi connectivity index (χ0) is 24.5. The fourth-order valence-corrected chi connectivity index (χ4v) is 4.81. The second-order valence-corrected chi connectivity index (χ2v) is 9.06. The number of nitrogens with one attached hydrogen (secondary N) is 2. The molecule has 3 aromatic heterocycles. The number of carbonyl (C=O) groups excluding carboxylic acids is 1. The molecule has 0 spiro atoms. The van der Waals surface area contributed by atoms with Crippen molar-refractivity contribution in [1.29, 1.82) is 0 Å². The summed E-state index contributed by atoms with van der Waals surface area (Å²) in [7, 11) is 0. The quantitative estimate of drug-likeness (QED) is 0.397. The third kappa shape index (κ3) is 4.73. The Labute approximate surface area is 199 Å². The van der Waals surface area contributed by atoms with Gasteiger partial charge in [-0.05, 0) is 37.3 Å². The molecular formula is C25H25F2N5O3. The molecule has 0 radical (unpaired) electrons. The monoisotopic (exact) mass is 481 g/mol. The number of imidazole rings is 1. The number of hydrogen-bond acceptors (Lipinski definition) is 5. The van der Waals surface area contributed by atoms with Crippen LogP contribution in [0.5, 0.6) is 5.75 Å². The van der Waals surface area contributed by atoms with Crippen molar-refractivity contribution in [3.63, 3.8) is 0 Å². The van der Waals surface area contributed by atoms with Crippen LogP contribution >= 0.6 is 0 Å². The molecule has 1 aromatic carbocycles. The second kappa shape index (κ2) is 9.44. The van der Waals surface area contributed by atoms with E-state index < -0.39 is 13.0 Å². The molecule has 0 unspecified atom stereocenters. The van der Waals surface area contributed by atoms with Crippen LogP contribution in [0.4, 0.5) is 8.78 Å². The van der Waals surface area contributed by atoms with Gasteiger partial charge in [0, 0.05) is 29.6 Å². The van der Waals surface area contributed by atoms with Gasteiger partial charge >= 0.3 is 0 Å². The van der Waals surface area contributed by atoms with Crippen LogP contribution in [0.15, 0.2) is 53.6 Å². The first-order valence-electron chi connectivity index (χ1n) is 11.5. The van der Waals surface area contributed by atoms with E-state index in [0.717, 1.165) is 30.3 Å². The Kier molecular flexibility index (Phi) is 6.19. The molecule has 1 saturated carbocycles. The van der Waals surface area contributed by atoms with E-state index in [-0.39, 0.29) is 29.2 Å². The maximum atomic E-state index is 12.8. The lowest BCUT2D eigenvalue weighted by atomic mass is 9.74. The number of fused-ring (bicyclic) bond motifs is 2. The number of amides is 1. The predicted octanol–water partition coefficient (Wildman–Crippen LogP) is 3.92. The van der Waals surface area contributed by atoms with Crippen molar-refractivity contribution in [1.82, 2.24) is 24.9 Å². The zero-order valence-electron chi connectivity index (χ0n) is 19.1. The molecule has 1 atom stereocenters. The van der Waals surface area contributed by atoms with Gasteiger partial charge in [-0.1, -0.05) is 25.1 Å². The summed E-state index contributed by atoms with van der Waals surface area (Å²) in [6, 6.07) is 10.6. The van der Waals surface area contributed by atoms with Crippen LogP contribution in [-0.2, 0) is 0 Å². The lowest BCUT2D eigenvalue weighted by Crippen LogP contribution is -2.44. The fraction of sp³-hybridized carbons (Fsp3) is 0.360. The van der Waals surface area contributed by atoms with Crippen molar-refractivity contribution >= 4 is 22.3 Å². The van der Waals surface area contributed by atoms with Gasteiger partial charge in [0.2, 0.25) is 0 Å². The minimum atomic E-state index is -2.56. The van der Waals surface area contributed by atoms with Crippen molar-refractivity contribution in [2.45, 2.75) is 44.6 Å².